The number of aliphatic carboxylic acids is 1. The molecule has 30 heavy (non-hydrogen) atoms. The standard InChI is InChI=1S/C21H17NO6S2/c1-12-4-3-5-14(8-12)20(26)28-15-7-6-13(9-16(15)27-2)10-17-19(25)22(11-18(23)24)21(29)30-17/h3-10H,11H2,1-2H3,(H,23,24)/p-1/b17-10+. The number of methoxy groups -OCH3 is 1. The third-order valence-electron chi connectivity index (χ3n) is 4.10. The van der Waals surface area contributed by atoms with E-state index in [4.69, 9.17) is 21.7 Å². The van der Waals surface area contributed by atoms with Crippen molar-refractivity contribution in [1.82, 2.24) is 4.90 Å². The minimum Gasteiger partial charge on any atom is -0.548 e. The highest BCUT2D eigenvalue weighted by molar-refractivity contribution is 8.26. The number of thiocarbonyl (C=S) groups is 1. The molecule has 0 N–H and O–H groups in total. The minimum absolute atomic E-state index is 0.145. The first kappa shape index (κ1) is 21.5. The molecule has 1 fully saturated rings. The molecule has 1 aliphatic rings. The third-order valence-corrected chi connectivity index (χ3v) is 5.48. The van der Waals surface area contributed by atoms with Gasteiger partial charge in [-0.3, -0.25) is 9.69 Å². The van der Waals surface area contributed by atoms with Crippen molar-refractivity contribution in [2.75, 3.05) is 13.7 Å². The first-order valence-corrected chi connectivity index (χ1v) is 9.93. The number of ether oxygens (including phenoxy) is 2. The van der Waals surface area contributed by atoms with E-state index in [1.807, 2.05) is 13.0 Å². The van der Waals surface area contributed by atoms with Crippen molar-refractivity contribution in [3.8, 4) is 11.5 Å². The van der Waals surface area contributed by atoms with Gasteiger partial charge >= 0.3 is 5.97 Å². The van der Waals surface area contributed by atoms with Gasteiger partial charge in [-0.25, -0.2) is 4.79 Å². The molecule has 2 aromatic rings. The number of carboxylic acids is 1. The molecule has 0 spiro atoms. The average Bonchev–Trinajstić information content (AvgIpc) is 2.96. The van der Waals surface area contributed by atoms with Gasteiger partial charge in [0.25, 0.3) is 5.91 Å². The maximum Gasteiger partial charge on any atom is 0.343 e. The van der Waals surface area contributed by atoms with Gasteiger partial charge in [0.05, 0.1) is 30.1 Å². The number of rotatable bonds is 6. The highest BCUT2D eigenvalue weighted by Gasteiger charge is 2.32. The Labute approximate surface area is 182 Å². The largest absolute Gasteiger partial charge is 0.548 e. The summed E-state index contributed by atoms with van der Waals surface area (Å²) < 4.78 is 10.9. The molecule has 2 aromatic carbocycles. The van der Waals surface area contributed by atoms with Gasteiger partial charge in [-0.1, -0.05) is 47.7 Å². The van der Waals surface area contributed by atoms with E-state index in [-0.39, 0.29) is 15.0 Å². The molecule has 9 heteroatoms. The fourth-order valence-electron chi connectivity index (χ4n) is 2.71. The number of aryl methyl sites for hydroxylation is 1. The number of carbonyl (C=O) groups is 3. The number of amides is 1. The van der Waals surface area contributed by atoms with Crippen molar-refractivity contribution in [2.45, 2.75) is 6.92 Å². The summed E-state index contributed by atoms with van der Waals surface area (Å²) in [5.41, 5.74) is 1.94. The van der Waals surface area contributed by atoms with E-state index < -0.39 is 24.4 Å². The van der Waals surface area contributed by atoms with Crippen molar-refractivity contribution in [2.24, 2.45) is 0 Å². The van der Waals surface area contributed by atoms with Crippen LogP contribution in [0.3, 0.4) is 0 Å². The Hall–Kier alpha value is -3.17. The van der Waals surface area contributed by atoms with E-state index in [2.05, 4.69) is 0 Å². The molecule has 0 atom stereocenters. The molecular weight excluding hydrogens is 426 g/mol. The fraction of sp³-hybridized carbons (Fsp3) is 0.143. The maximum absolute atomic E-state index is 12.4. The van der Waals surface area contributed by atoms with Gasteiger partial charge in [-0.05, 0) is 42.8 Å². The van der Waals surface area contributed by atoms with Gasteiger partial charge in [0.1, 0.15) is 4.32 Å². The summed E-state index contributed by atoms with van der Waals surface area (Å²) in [5, 5.41) is 10.8. The molecular formula is C21H16NO6S2-. The van der Waals surface area contributed by atoms with Crippen LogP contribution in [0, 0.1) is 6.92 Å². The molecule has 3 rings (SSSR count). The normalized spacial score (nSPS) is 14.9. The topological polar surface area (TPSA) is 96.0 Å². The molecule has 7 nitrogen and oxygen atoms in total. The van der Waals surface area contributed by atoms with E-state index in [0.717, 1.165) is 22.2 Å². The molecule has 0 bridgehead atoms. The number of carboxylic acid groups (broad SMARTS) is 1. The summed E-state index contributed by atoms with van der Waals surface area (Å²) in [7, 11) is 1.43. The molecule has 1 heterocycles. The highest BCUT2D eigenvalue weighted by Crippen LogP contribution is 2.34. The zero-order valence-electron chi connectivity index (χ0n) is 16.0. The molecule has 1 aliphatic heterocycles. The quantitative estimate of drug-likeness (QED) is 0.291. The van der Waals surface area contributed by atoms with E-state index in [0.29, 0.717) is 16.9 Å². The minimum atomic E-state index is -1.39. The van der Waals surface area contributed by atoms with Crippen LogP contribution < -0.4 is 14.6 Å². The summed E-state index contributed by atoms with van der Waals surface area (Å²) >= 11 is 6.05. The predicted octanol–water partition coefficient (Wildman–Crippen LogP) is 2.17. The first-order valence-electron chi connectivity index (χ1n) is 8.70. The van der Waals surface area contributed by atoms with Crippen LogP contribution >= 0.6 is 24.0 Å². The van der Waals surface area contributed by atoms with Crippen LogP contribution in [0.2, 0.25) is 0 Å². The fourth-order valence-corrected chi connectivity index (χ4v) is 3.96. The van der Waals surface area contributed by atoms with Gasteiger partial charge in [0.2, 0.25) is 0 Å². The maximum atomic E-state index is 12.4. The highest BCUT2D eigenvalue weighted by atomic mass is 32.2. The van der Waals surface area contributed by atoms with E-state index in [9.17, 15) is 19.5 Å². The molecule has 0 radical (unpaired) electrons. The average molecular weight is 442 g/mol. The van der Waals surface area contributed by atoms with Gasteiger partial charge in [0.15, 0.2) is 11.5 Å². The Balaban J connectivity index is 1.81. The zero-order chi connectivity index (χ0) is 21.8. The number of hydrogen-bond acceptors (Lipinski definition) is 8. The van der Waals surface area contributed by atoms with Crippen molar-refractivity contribution in [3.05, 3.63) is 64.1 Å². The lowest BCUT2D eigenvalue weighted by Gasteiger charge is -2.14. The summed E-state index contributed by atoms with van der Waals surface area (Å²) in [4.78, 5) is 36.8. The van der Waals surface area contributed by atoms with Crippen LogP contribution in [-0.4, -0.2) is 40.7 Å². The molecule has 0 saturated carbocycles. The van der Waals surface area contributed by atoms with Gasteiger partial charge in [0, 0.05) is 0 Å². The second kappa shape index (κ2) is 9.10. The monoisotopic (exact) mass is 442 g/mol. The van der Waals surface area contributed by atoms with Crippen molar-refractivity contribution >= 4 is 52.2 Å². The Morgan fingerprint density at radius 3 is 2.63 bits per heavy atom. The van der Waals surface area contributed by atoms with Crippen LogP contribution in [0.1, 0.15) is 21.5 Å². The second-order valence-corrected chi connectivity index (χ2v) is 7.98. The van der Waals surface area contributed by atoms with Crippen molar-refractivity contribution in [1.29, 1.82) is 0 Å². The second-order valence-electron chi connectivity index (χ2n) is 6.31. The number of esters is 1. The van der Waals surface area contributed by atoms with E-state index in [1.54, 1.807) is 42.5 Å². The van der Waals surface area contributed by atoms with Crippen LogP contribution in [0.15, 0.2) is 47.4 Å². The van der Waals surface area contributed by atoms with Crippen LogP contribution in [0.25, 0.3) is 6.08 Å². The summed E-state index contributed by atoms with van der Waals surface area (Å²) in [6.45, 7) is 1.28. The van der Waals surface area contributed by atoms with Gasteiger partial charge in [-0.15, -0.1) is 0 Å². The summed E-state index contributed by atoms with van der Waals surface area (Å²) in [6.07, 6.45) is 1.56. The van der Waals surface area contributed by atoms with Crippen LogP contribution in [0.4, 0.5) is 0 Å². The van der Waals surface area contributed by atoms with Gasteiger partial charge < -0.3 is 19.4 Å². The Kier molecular flexibility index (Phi) is 6.53. The van der Waals surface area contributed by atoms with Crippen LogP contribution in [0.5, 0.6) is 11.5 Å². The SMILES string of the molecule is COc1cc(/C=C2/SC(=S)N(CC(=O)[O-])C2=O)ccc1OC(=O)c1cccc(C)c1. The van der Waals surface area contributed by atoms with E-state index >= 15 is 0 Å². The Morgan fingerprint density at radius 1 is 1.20 bits per heavy atom. The molecule has 154 valence electrons. The van der Waals surface area contributed by atoms with Gasteiger partial charge in [-0.2, -0.15) is 0 Å². The summed E-state index contributed by atoms with van der Waals surface area (Å²) in [6, 6.07) is 11.8. The molecule has 1 amide bonds. The van der Waals surface area contributed by atoms with Crippen molar-refractivity contribution < 1.29 is 29.0 Å². The van der Waals surface area contributed by atoms with Crippen LogP contribution in [-0.2, 0) is 9.59 Å². The summed E-state index contributed by atoms with van der Waals surface area (Å²) in [5.74, 6) is -1.90. The Morgan fingerprint density at radius 2 is 1.97 bits per heavy atom. The third kappa shape index (κ3) is 4.87. The molecule has 1 saturated heterocycles. The zero-order valence-corrected chi connectivity index (χ0v) is 17.7. The smallest absolute Gasteiger partial charge is 0.343 e. The lowest BCUT2D eigenvalue weighted by molar-refractivity contribution is -0.305. The lowest BCUT2D eigenvalue weighted by atomic mass is 10.1. The predicted molar refractivity (Wildman–Crippen MR) is 114 cm³/mol. The molecule has 0 aliphatic carbocycles. The number of nitrogens with zero attached hydrogens (tertiary/aromatic N) is 1. The van der Waals surface area contributed by atoms with E-state index in [1.165, 1.54) is 7.11 Å². The number of carbonyl (C=O) groups excluding carboxylic acids is 3. The number of hydrogen-bond donors (Lipinski definition) is 0. The Bertz CT molecular complexity index is 1080. The van der Waals surface area contributed by atoms with Crippen molar-refractivity contribution in [3.63, 3.8) is 0 Å². The number of thioether (sulfide) groups is 1. The number of benzene rings is 2. The molecule has 0 aromatic heterocycles. The molecule has 0 unspecified atom stereocenters. The first-order chi connectivity index (χ1) is 14.3. The lowest BCUT2D eigenvalue weighted by Crippen LogP contribution is -2.40.